The maximum atomic E-state index is 13.9. The summed E-state index contributed by atoms with van der Waals surface area (Å²) in [6.07, 6.45) is 0. The highest BCUT2D eigenvalue weighted by Crippen LogP contribution is 2.37. The minimum Gasteiger partial charge on any atom is -0.465 e. The number of rotatable bonds is 5. The average molecular weight is 403 g/mol. The SMILES string of the molecule is COC(=O)/C(Sc1c(F)c(F)c(F)c(F)c1F)=C(/C)Nc1ccc(C)cc1. The number of thioether (sulfide) groups is 1. The third kappa shape index (κ3) is 4.41. The van der Waals surface area contributed by atoms with Gasteiger partial charge in [-0.2, -0.15) is 0 Å². The zero-order valence-corrected chi connectivity index (χ0v) is 15.2. The molecule has 0 amide bonds. The van der Waals surface area contributed by atoms with Gasteiger partial charge in [0.2, 0.25) is 5.82 Å². The number of ether oxygens (including phenoxy) is 1. The molecule has 0 heterocycles. The van der Waals surface area contributed by atoms with E-state index in [1.807, 2.05) is 6.92 Å². The molecule has 1 N–H and O–H groups in total. The van der Waals surface area contributed by atoms with Crippen LogP contribution in [-0.4, -0.2) is 13.1 Å². The van der Waals surface area contributed by atoms with Crippen molar-refractivity contribution in [1.29, 1.82) is 0 Å². The smallest absolute Gasteiger partial charge is 0.346 e. The fourth-order valence-electron chi connectivity index (χ4n) is 2.05. The summed E-state index contributed by atoms with van der Waals surface area (Å²) in [6.45, 7) is 3.27. The molecule has 0 aliphatic rings. The van der Waals surface area contributed by atoms with E-state index in [9.17, 15) is 26.7 Å². The summed E-state index contributed by atoms with van der Waals surface area (Å²) in [4.78, 5) is 10.5. The molecule has 0 fully saturated rings. The molecule has 27 heavy (non-hydrogen) atoms. The molecule has 0 aliphatic heterocycles. The third-order valence-corrected chi connectivity index (χ3v) is 4.71. The Morgan fingerprint density at radius 1 is 0.926 bits per heavy atom. The maximum absolute atomic E-state index is 13.9. The molecule has 0 saturated carbocycles. The lowest BCUT2D eigenvalue weighted by Gasteiger charge is -2.14. The topological polar surface area (TPSA) is 38.3 Å². The van der Waals surface area contributed by atoms with Gasteiger partial charge in [-0.15, -0.1) is 0 Å². The molecule has 2 rings (SSSR count). The van der Waals surface area contributed by atoms with Gasteiger partial charge in [-0.05, 0) is 26.0 Å². The van der Waals surface area contributed by atoms with Crippen molar-refractivity contribution >= 4 is 23.4 Å². The van der Waals surface area contributed by atoms with E-state index < -0.39 is 40.0 Å². The van der Waals surface area contributed by atoms with Gasteiger partial charge >= 0.3 is 5.97 Å². The Labute approximate surface area is 156 Å². The first-order valence-corrected chi connectivity index (χ1v) is 8.31. The lowest BCUT2D eigenvalue weighted by atomic mass is 10.2. The van der Waals surface area contributed by atoms with E-state index >= 15 is 0 Å². The van der Waals surface area contributed by atoms with Crippen molar-refractivity contribution in [1.82, 2.24) is 0 Å². The third-order valence-electron chi connectivity index (χ3n) is 3.47. The molecule has 0 unspecified atom stereocenters. The van der Waals surface area contributed by atoms with Crippen molar-refractivity contribution in [3.8, 4) is 0 Å². The van der Waals surface area contributed by atoms with E-state index in [-0.39, 0.29) is 22.4 Å². The van der Waals surface area contributed by atoms with E-state index in [0.29, 0.717) is 5.69 Å². The fraction of sp³-hybridized carbons (Fsp3) is 0.167. The molecule has 144 valence electrons. The number of hydrogen-bond donors (Lipinski definition) is 1. The number of hydrogen-bond acceptors (Lipinski definition) is 4. The van der Waals surface area contributed by atoms with Gasteiger partial charge in [0, 0.05) is 11.4 Å². The second kappa shape index (κ2) is 8.43. The van der Waals surface area contributed by atoms with Crippen LogP contribution in [0, 0.1) is 36.0 Å². The summed E-state index contributed by atoms with van der Waals surface area (Å²) in [7, 11) is 1.03. The molecular formula is C18H14F5NO2S. The van der Waals surface area contributed by atoms with Crippen molar-refractivity contribution < 1.29 is 31.5 Å². The number of halogens is 5. The van der Waals surface area contributed by atoms with Crippen LogP contribution in [0.15, 0.2) is 39.8 Å². The number of esters is 1. The lowest BCUT2D eigenvalue weighted by Crippen LogP contribution is -2.11. The number of allylic oxidation sites excluding steroid dienone is 1. The van der Waals surface area contributed by atoms with Crippen molar-refractivity contribution in [2.75, 3.05) is 12.4 Å². The van der Waals surface area contributed by atoms with E-state index in [1.165, 1.54) is 6.92 Å². The van der Waals surface area contributed by atoms with Gasteiger partial charge in [-0.25, -0.2) is 26.7 Å². The summed E-state index contributed by atoms with van der Waals surface area (Å²) < 4.78 is 72.4. The molecular weight excluding hydrogens is 389 g/mol. The van der Waals surface area contributed by atoms with Crippen LogP contribution in [0.3, 0.4) is 0 Å². The number of aryl methyl sites for hydroxylation is 1. The molecule has 9 heteroatoms. The molecule has 0 saturated heterocycles. The first kappa shape index (κ1) is 20.8. The van der Waals surface area contributed by atoms with Gasteiger partial charge in [-0.1, -0.05) is 29.5 Å². The number of benzene rings is 2. The fourth-order valence-corrected chi connectivity index (χ4v) is 2.98. The van der Waals surface area contributed by atoms with E-state index in [4.69, 9.17) is 0 Å². The van der Waals surface area contributed by atoms with Crippen molar-refractivity contribution in [3.05, 3.63) is 69.5 Å². The quantitative estimate of drug-likeness (QED) is 0.184. The van der Waals surface area contributed by atoms with Crippen molar-refractivity contribution in [2.45, 2.75) is 18.7 Å². The normalized spacial score (nSPS) is 11.9. The standard InChI is InChI=1S/C18H14F5NO2S/c1-8-4-6-10(7-5-8)24-9(2)16(18(25)26-3)27-17-14(22)12(20)11(19)13(21)15(17)23/h4-7,24H,1-3H3/b16-9+. The van der Waals surface area contributed by atoms with E-state index in [1.54, 1.807) is 24.3 Å². The maximum Gasteiger partial charge on any atom is 0.346 e. The Bertz CT molecular complexity index is 884. The second-order valence-electron chi connectivity index (χ2n) is 5.44. The molecule has 0 radical (unpaired) electrons. The summed E-state index contributed by atoms with van der Waals surface area (Å²) in [5.41, 5.74) is 1.64. The highest BCUT2D eigenvalue weighted by molar-refractivity contribution is 8.04. The van der Waals surface area contributed by atoms with E-state index in [0.717, 1.165) is 12.7 Å². The Morgan fingerprint density at radius 3 is 1.89 bits per heavy atom. The van der Waals surface area contributed by atoms with Crippen LogP contribution in [0.2, 0.25) is 0 Å². The minimum atomic E-state index is -2.27. The number of carbonyl (C=O) groups excluding carboxylic acids is 1. The zero-order chi connectivity index (χ0) is 20.3. The monoisotopic (exact) mass is 403 g/mol. The van der Waals surface area contributed by atoms with Crippen LogP contribution >= 0.6 is 11.8 Å². The molecule has 0 aliphatic carbocycles. The lowest BCUT2D eigenvalue weighted by molar-refractivity contribution is -0.135. The summed E-state index contributed by atoms with van der Waals surface area (Å²) >= 11 is 0.0881. The van der Waals surface area contributed by atoms with Gasteiger partial charge < -0.3 is 10.1 Å². The molecule has 0 atom stereocenters. The van der Waals surface area contributed by atoms with Gasteiger partial charge in [-0.3, -0.25) is 0 Å². The van der Waals surface area contributed by atoms with E-state index in [2.05, 4.69) is 10.1 Å². The van der Waals surface area contributed by atoms with Crippen molar-refractivity contribution in [2.24, 2.45) is 0 Å². The summed E-state index contributed by atoms with van der Waals surface area (Å²) in [5, 5.41) is 2.84. The Balaban J connectivity index is 2.49. The van der Waals surface area contributed by atoms with Gasteiger partial charge in [0.1, 0.15) is 4.91 Å². The minimum absolute atomic E-state index is 0.0881. The number of anilines is 1. The molecule has 3 nitrogen and oxygen atoms in total. The predicted octanol–water partition coefficient (Wildman–Crippen LogP) is 5.30. The van der Waals surface area contributed by atoms with Gasteiger partial charge in [0.05, 0.1) is 12.0 Å². The molecule has 0 spiro atoms. The van der Waals surface area contributed by atoms with Crippen LogP contribution < -0.4 is 5.32 Å². The van der Waals surface area contributed by atoms with Crippen LogP contribution in [0.4, 0.5) is 27.6 Å². The Hall–Kier alpha value is -2.55. The van der Waals surface area contributed by atoms with Gasteiger partial charge in [0.25, 0.3) is 0 Å². The highest BCUT2D eigenvalue weighted by Gasteiger charge is 2.29. The molecule has 0 bridgehead atoms. The first-order chi connectivity index (χ1) is 12.7. The molecule has 0 aromatic heterocycles. The van der Waals surface area contributed by atoms with Gasteiger partial charge in [0.15, 0.2) is 23.3 Å². The second-order valence-corrected chi connectivity index (χ2v) is 6.46. The highest BCUT2D eigenvalue weighted by atomic mass is 32.2. The summed E-state index contributed by atoms with van der Waals surface area (Å²) in [5.74, 6) is -11.5. The Morgan fingerprint density at radius 2 is 1.41 bits per heavy atom. The predicted molar refractivity (Wildman–Crippen MR) is 91.6 cm³/mol. The van der Waals surface area contributed by atoms with Crippen LogP contribution in [0.5, 0.6) is 0 Å². The van der Waals surface area contributed by atoms with Crippen LogP contribution in [0.1, 0.15) is 12.5 Å². The first-order valence-electron chi connectivity index (χ1n) is 7.49. The Kier molecular flexibility index (Phi) is 6.48. The zero-order valence-electron chi connectivity index (χ0n) is 14.4. The largest absolute Gasteiger partial charge is 0.465 e. The number of nitrogens with one attached hydrogen (secondary N) is 1. The molecule has 2 aromatic carbocycles. The van der Waals surface area contributed by atoms with Crippen molar-refractivity contribution in [3.63, 3.8) is 0 Å². The number of carbonyl (C=O) groups is 1. The number of methoxy groups -OCH3 is 1. The molecule has 2 aromatic rings. The average Bonchev–Trinajstić information content (AvgIpc) is 2.66. The van der Waals surface area contributed by atoms with Crippen LogP contribution in [-0.2, 0) is 9.53 Å². The van der Waals surface area contributed by atoms with Crippen LogP contribution in [0.25, 0.3) is 0 Å². The summed E-state index contributed by atoms with van der Waals surface area (Å²) in [6, 6.07) is 6.95.